The molecule has 0 aliphatic heterocycles. The molecule has 0 atom stereocenters. The maximum Gasteiger partial charge on any atom is 0.319 e. The van der Waals surface area contributed by atoms with Crippen LogP contribution in [0.15, 0.2) is 24.3 Å². The first kappa shape index (κ1) is 13.9. The molecular weight excluding hydrogens is 230 g/mol. The standard InChI is InChI=1S/C14H15NO3/c1-4-18-13(17)14(2,3)12(16)11-7-5-10(9-15)6-8-11/h5-8H,4H2,1-3H3. The van der Waals surface area contributed by atoms with Crippen molar-refractivity contribution in [2.24, 2.45) is 5.41 Å². The molecule has 18 heavy (non-hydrogen) atoms. The summed E-state index contributed by atoms with van der Waals surface area (Å²) >= 11 is 0. The summed E-state index contributed by atoms with van der Waals surface area (Å²) in [6.45, 7) is 5.00. The fourth-order valence-electron chi connectivity index (χ4n) is 1.46. The highest BCUT2D eigenvalue weighted by Crippen LogP contribution is 2.24. The number of hydrogen-bond donors (Lipinski definition) is 0. The van der Waals surface area contributed by atoms with E-state index in [1.165, 1.54) is 13.8 Å². The molecule has 94 valence electrons. The Morgan fingerprint density at radius 3 is 2.28 bits per heavy atom. The molecule has 4 heteroatoms. The summed E-state index contributed by atoms with van der Waals surface area (Å²) in [5, 5.41) is 8.68. The first-order chi connectivity index (χ1) is 8.43. The molecule has 0 aliphatic carbocycles. The summed E-state index contributed by atoms with van der Waals surface area (Å²) in [6.07, 6.45) is 0. The second kappa shape index (κ2) is 5.46. The lowest BCUT2D eigenvalue weighted by Gasteiger charge is -2.20. The Balaban J connectivity index is 2.98. The molecule has 1 aromatic carbocycles. The van der Waals surface area contributed by atoms with Gasteiger partial charge in [0.15, 0.2) is 5.78 Å². The van der Waals surface area contributed by atoms with Gasteiger partial charge in [0.05, 0.1) is 18.2 Å². The summed E-state index contributed by atoms with van der Waals surface area (Å²) in [5.41, 5.74) is -0.350. The van der Waals surface area contributed by atoms with Crippen LogP contribution in [0.3, 0.4) is 0 Å². The van der Waals surface area contributed by atoms with Crippen molar-refractivity contribution in [1.29, 1.82) is 5.26 Å². The third kappa shape index (κ3) is 2.75. The molecule has 4 nitrogen and oxygen atoms in total. The molecule has 0 N–H and O–H groups in total. The molecule has 0 unspecified atom stereocenters. The summed E-state index contributed by atoms with van der Waals surface area (Å²) in [6, 6.07) is 8.16. The van der Waals surface area contributed by atoms with Crippen molar-refractivity contribution in [3.8, 4) is 6.07 Å². The summed E-state index contributed by atoms with van der Waals surface area (Å²) < 4.78 is 4.88. The predicted octanol–water partition coefficient (Wildman–Crippen LogP) is 2.33. The average molecular weight is 245 g/mol. The molecular formula is C14H15NO3. The Morgan fingerprint density at radius 1 is 1.28 bits per heavy atom. The van der Waals surface area contributed by atoms with Crippen molar-refractivity contribution >= 4 is 11.8 Å². The van der Waals surface area contributed by atoms with E-state index in [1.807, 2.05) is 6.07 Å². The smallest absolute Gasteiger partial charge is 0.319 e. The van der Waals surface area contributed by atoms with E-state index in [4.69, 9.17) is 10.00 Å². The maximum absolute atomic E-state index is 12.2. The number of benzene rings is 1. The summed E-state index contributed by atoms with van der Waals surface area (Å²) in [5.74, 6) is -0.857. The normalized spacial score (nSPS) is 10.6. The molecule has 0 fully saturated rings. The van der Waals surface area contributed by atoms with E-state index < -0.39 is 11.4 Å². The van der Waals surface area contributed by atoms with Crippen LogP contribution in [0.2, 0.25) is 0 Å². The number of carbonyl (C=O) groups is 2. The van der Waals surface area contributed by atoms with Crippen LogP contribution < -0.4 is 0 Å². The van der Waals surface area contributed by atoms with Crippen LogP contribution in [0, 0.1) is 16.7 Å². The number of rotatable bonds is 4. The molecule has 0 radical (unpaired) electrons. The van der Waals surface area contributed by atoms with E-state index in [9.17, 15) is 9.59 Å². The van der Waals surface area contributed by atoms with Crippen molar-refractivity contribution in [1.82, 2.24) is 0 Å². The first-order valence-corrected chi connectivity index (χ1v) is 5.65. The lowest BCUT2D eigenvalue weighted by Crippen LogP contribution is -2.35. The van der Waals surface area contributed by atoms with Crippen molar-refractivity contribution in [2.75, 3.05) is 6.61 Å². The lowest BCUT2D eigenvalue weighted by atomic mass is 9.84. The highest BCUT2D eigenvalue weighted by molar-refractivity contribution is 6.11. The molecule has 0 aliphatic rings. The number of nitrogens with zero attached hydrogens (tertiary/aromatic N) is 1. The van der Waals surface area contributed by atoms with Crippen molar-refractivity contribution in [2.45, 2.75) is 20.8 Å². The van der Waals surface area contributed by atoms with Crippen LogP contribution in [0.4, 0.5) is 0 Å². The first-order valence-electron chi connectivity index (χ1n) is 5.65. The van der Waals surface area contributed by atoms with Crippen LogP contribution in [0.1, 0.15) is 36.7 Å². The monoisotopic (exact) mass is 245 g/mol. The minimum Gasteiger partial charge on any atom is -0.465 e. The lowest BCUT2D eigenvalue weighted by molar-refractivity contribution is -0.150. The van der Waals surface area contributed by atoms with Crippen molar-refractivity contribution in [3.63, 3.8) is 0 Å². The van der Waals surface area contributed by atoms with Crippen LogP contribution >= 0.6 is 0 Å². The Hall–Kier alpha value is -2.15. The largest absolute Gasteiger partial charge is 0.465 e. The maximum atomic E-state index is 12.2. The summed E-state index contributed by atoms with van der Waals surface area (Å²) in [7, 11) is 0. The zero-order valence-corrected chi connectivity index (χ0v) is 10.7. The zero-order chi connectivity index (χ0) is 13.8. The van der Waals surface area contributed by atoms with Gasteiger partial charge >= 0.3 is 5.97 Å². The zero-order valence-electron chi connectivity index (χ0n) is 10.7. The molecule has 0 aromatic heterocycles. The Bertz CT molecular complexity index is 495. The van der Waals surface area contributed by atoms with E-state index in [0.29, 0.717) is 11.1 Å². The Morgan fingerprint density at radius 2 is 1.83 bits per heavy atom. The number of nitriles is 1. The predicted molar refractivity (Wildman–Crippen MR) is 65.9 cm³/mol. The molecule has 1 aromatic rings. The molecule has 0 saturated carbocycles. The number of ketones is 1. The summed E-state index contributed by atoms with van der Waals surface area (Å²) in [4.78, 5) is 23.9. The third-order valence-corrected chi connectivity index (χ3v) is 2.63. The molecule has 0 bridgehead atoms. The quantitative estimate of drug-likeness (QED) is 0.464. The topological polar surface area (TPSA) is 67.2 Å². The fraction of sp³-hybridized carbons (Fsp3) is 0.357. The second-order valence-corrected chi connectivity index (χ2v) is 4.36. The number of ether oxygens (including phenoxy) is 1. The van der Waals surface area contributed by atoms with Crippen LogP contribution in [-0.4, -0.2) is 18.4 Å². The van der Waals surface area contributed by atoms with Gasteiger partial charge in [0.25, 0.3) is 0 Å². The van der Waals surface area contributed by atoms with E-state index in [1.54, 1.807) is 31.2 Å². The molecule has 1 rings (SSSR count). The van der Waals surface area contributed by atoms with E-state index in [2.05, 4.69) is 0 Å². The number of carbonyl (C=O) groups excluding carboxylic acids is 2. The number of esters is 1. The molecule has 0 saturated heterocycles. The molecule has 0 spiro atoms. The minimum absolute atomic E-state index is 0.239. The van der Waals surface area contributed by atoms with Gasteiger partial charge in [-0.2, -0.15) is 5.26 Å². The van der Waals surface area contributed by atoms with Gasteiger partial charge in [0, 0.05) is 5.56 Å². The van der Waals surface area contributed by atoms with E-state index >= 15 is 0 Å². The average Bonchev–Trinajstić information content (AvgIpc) is 2.38. The SMILES string of the molecule is CCOC(=O)C(C)(C)C(=O)c1ccc(C#N)cc1. The highest BCUT2D eigenvalue weighted by atomic mass is 16.5. The van der Waals surface area contributed by atoms with Gasteiger partial charge in [-0.25, -0.2) is 0 Å². The van der Waals surface area contributed by atoms with E-state index in [0.717, 1.165) is 0 Å². The minimum atomic E-state index is -1.22. The van der Waals surface area contributed by atoms with Gasteiger partial charge in [-0.05, 0) is 32.9 Å². The van der Waals surface area contributed by atoms with Crippen LogP contribution in [0.25, 0.3) is 0 Å². The number of hydrogen-bond acceptors (Lipinski definition) is 4. The van der Waals surface area contributed by atoms with Gasteiger partial charge in [-0.1, -0.05) is 12.1 Å². The Labute approximate surface area is 106 Å². The highest BCUT2D eigenvalue weighted by Gasteiger charge is 2.37. The second-order valence-electron chi connectivity index (χ2n) is 4.36. The van der Waals surface area contributed by atoms with Crippen molar-refractivity contribution in [3.05, 3.63) is 35.4 Å². The molecule has 0 amide bonds. The Kier molecular flexibility index (Phi) is 4.22. The van der Waals surface area contributed by atoms with Crippen LogP contribution in [0.5, 0.6) is 0 Å². The third-order valence-electron chi connectivity index (χ3n) is 2.63. The van der Waals surface area contributed by atoms with Crippen molar-refractivity contribution < 1.29 is 14.3 Å². The van der Waals surface area contributed by atoms with Gasteiger partial charge in [-0.3, -0.25) is 9.59 Å². The van der Waals surface area contributed by atoms with Gasteiger partial charge in [0.1, 0.15) is 5.41 Å². The number of Topliss-reactive ketones (excluding diaryl/α,β-unsaturated/α-hetero) is 1. The van der Waals surface area contributed by atoms with Gasteiger partial charge in [-0.15, -0.1) is 0 Å². The molecule has 0 heterocycles. The van der Waals surface area contributed by atoms with Gasteiger partial charge < -0.3 is 4.74 Å². The van der Waals surface area contributed by atoms with Gasteiger partial charge in [0.2, 0.25) is 0 Å². The van der Waals surface area contributed by atoms with Crippen LogP contribution in [-0.2, 0) is 9.53 Å². The fourth-order valence-corrected chi connectivity index (χ4v) is 1.46. The van der Waals surface area contributed by atoms with E-state index in [-0.39, 0.29) is 12.4 Å².